The van der Waals surface area contributed by atoms with Gasteiger partial charge in [-0.15, -0.1) is 0 Å². The number of hydrogen-bond acceptors (Lipinski definition) is 4. The molecule has 0 unspecified atom stereocenters. The second kappa shape index (κ2) is 4.02. The van der Waals surface area contributed by atoms with Gasteiger partial charge in [0.15, 0.2) is 5.11 Å². The summed E-state index contributed by atoms with van der Waals surface area (Å²) < 4.78 is 6.72. The van der Waals surface area contributed by atoms with E-state index in [1.807, 2.05) is 0 Å². The van der Waals surface area contributed by atoms with Gasteiger partial charge in [0, 0.05) is 13.1 Å². The molecule has 1 aliphatic rings. The summed E-state index contributed by atoms with van der Waals surface area (Å²) in [5.41, 5.74) is 0. The SMILES string of the molecule is [3H]OC1C(=O)N(CC)C(=S)N(CC)C1=O. The van der Waals surface area contributed by atoms with Gasteiger partial charge in [-0.1, -0.05) is 0 Å². The van der Waals surface area contributed by atoms with Crippen LogP contribution in [0.3, 0.4) is 0 Å². The predicted octanol–water partition coefficient (Wildman–Crippen LogP) is -0.657. The molecule has 1 heterocycles. The topological polar surface area (TPSA) is 60.9 Å². The highest BCUT2D eigenvalue weighted by Crippen LogP contribution is 2.12. The molecule has 6 heteroatoms. The fourth-order valence-electron chi connectivity index (χ4n) is 1.31. The molecule has 0 aromatic heterocycles. The molecule has 0 spiro atoms. The fourth-order valence-corrected chi connectivity index (χ4v) is 1.74. The fraction of sp³-hybridized carbons (Fsp3) is 0.625. The molecule has 1 N–H and O–H groups in total. The Morgan fingerprint density at radius 3 is 2.07 bits per heavy atom. The van der Waals surface area contributed by atoms with Crippen LogP contribution in [0.25, 0.3) is 0 Å². The van der Waals surface area contributed by atoms with E-state index >= 15 is 0 Å². The molecule has 5 nitrogen and oxygen atoms in total. The Balaban J connectivity index is 3.03. The third-order valence-electron chi connectivity index (χ3n) is 2.07. The number of aliphatic hydroxyl groups is 1. The Morgan fingerprint density at radius 2 is 1.79 bits per heavy atom. The highest BCUT2D eigenvalue weighted by molar-refractivity contribution is 7.80. The van der Waals surface area contributed by atoms with Gasteiger partial charge in [0.25, 0.3) is 11.8 Å². The first-order valence-corrected chi connectivity index (χ1v) is 4.77. The normalized spacial score (nSPS) is 20.4. The highest BCUT2D eigenvalue weighted by Gasteiger charge is 2.41. The average molecular weight is 218 g/mol. The molecule has 0 radical (unpaired) electrons. The van der Waals surface area contributed by atoms with Crippen LogP contribution in [0.15, 0.2) is 0 Å². The molecular formula is C8H12N2O3S. The monoisotopic (exact) mass is 218 g/mol. The summed E-state index contributed by atoms with van der Waals surface area (Å²) in [6.07, 6.45) is -1.38. The lowest BCUT2D eigenvalue weighted by molar-refractivity contribution is -0.153. The lowest BCUT2D eigenvalue weighted by Gasteiger charge is -2.36. The summed E-state index contributed by atoms with van der Waals surface area (Å²) in [6, 6.07) is 0. The number of carbonyl (C=O) groups is 2. The molecule has 1 fully saturated rings. The Morgan fingerprint density at radius 1 is 1.36 bits per heavy atom. The largest absolute Gasteiger partial charge is 0.375 e. The smallest absolute Gasteiger partial charge is 0.267 e. The van der Waals surface area contributed by atoms with E-state index < -0.39 is 17.9 Å². The second-order valence-corrected chi connectivity index (χ2v) is 3.19. The maximum Gasteiger partial charge on any atom is 0.267 e. The molecule has 0 saturated carbocycles. The molecule has 1 aliphatic heterocycles. The molecule has 2 amide bonds. The van der Waals surface area contributed by atoms with Gasteiger partial charge in [-0.2, -0.15) is 0 Å². The van der Waals surface area contributed by atoms with Crippen LogP contribution in [0.5, 0.6) is 0 Å². The molecule has 0 atom stereocenters. The van der Waals surface area contributed by atoms with Gasteiger partial charge in [0.2, 0.25) is 7.54 Å². The van der Waals surface area contributed by atoms with Crippen molar-refractivity contribution in [3.05, 3.63) is 0 Å². The van der Waals surface area contributed by atoms with Crippen molar-refractivity contribution in [1.29, 1.82) is 1.43 Å². The molecule has 14 heavy (non-hydrogen) atoms. The average Bonchev–Trinajstić information content (AvgIpc) is 2.19. The first kappa shape index (κ1) is 9.54. The number of amides is 2. The van der Waals surface area contributed by atoms with Crippen LogP contribution < -0.4 is 0 Å². The van der Waals surface area contributed by atoms with Crippen LogP contribution in [0.4, 0.5) is 0 Å². The lowest BCUT2D eigenvalue weighted by atomic mass is 10.2. The third kappa shape index (κ3) is 1.51. The molecule has 1 rings (SSSR count). The summed E-state index contributed by atoms with van der Waals surface area (Å²) in [4.78, 5) is 25.8. The summed E-state index contributed by atoms with van der Waals surface area (Å²) in [5.74, 6) is -1.13. The van der Waals surface area contributed by atoms with E-state index in [-0.39, 0.29) is 5.11 Å². The number of hydrogen-bond donors (Lipinski definition) is 1. The van der Waals surface area contributed by atoms with E-state index in [1.165, 1.54) is 9.80 Å². The van der Waals surface area contributed by atoms with Crippen LogP contribution >= 0.6 is 12.2 Å². The maximum absolute atomic E-state index is 11.6. The van der Waals surface area contributed by atoms with E-state index in [9.17, 15) is 9.59 Å². The van der Waals surface area contributed by atoms with Crippen LogP contribution in [0.1, 0.15) is 13.8 Å². The third-order valence-corrected chi connectivity index (χ3v) is 2.52. The van der Waals surface area contributed by atoms with Crippen molar-refractivity contribution in [2.24, 2.45) is 0 Å². The van der Waals surface area contributed by atoms with Crippen molar-refractivity contribution in [3.63, 3.8) is 0 Å². The predicted molar refractivity (Wildman–Crippen MR) is 53.4 cm³/mol. The maximum atomic E-state index is 11.6. The van der Waals surface area contributed by atoms with Gasteiger partial charge in [-0.25, -0.2) is 0 Å². The molecule has 0 aliphatic carbocycles. The van der Waals surface area contributed by atoms with Gasteiger partial charge in [-0.05, 0) is 26.1 Å². The summed E-state index contributed by atoms with van der Waals surface area (Å²) in [5, 5.41) is 4.32. The number of aliphatic hydroxyl groups excluding tert-OH is 1. The Labute approximate surface area is 88.8 Å². The van der Waals surface area contributed by atoms with Crippen LogP contribution in [0.2, 0.25) is 0 Å². The van der Waals surface area contributed by atoms with Crippen molar-refractivity contribution in [2.75, 3.05) is 13.1 Å². The zero-order chi connectivity index (χ0) is 11.6. The Bertz CT molecular complexity index is 245. The van der Waals surface area contributed by atoms with Crippen LogP contribution in [0, 0.1) is 0 Å². The lowest BCUT2D eigenvalue weighted by Crippen LogP contribution is -2.61. The number of carbonyl (C=O) groups excluding carboxylic acids is 2. The van der Waals surface area contributed by atoms with Crippen molar-refractivity contribution in [2.45, 2.75) is 20.0 Å². The highest BCUT2D eigenvalue weighted by atomic mass is 32.1. The Hall–Kier alpha value is -1.01. The van der Waals surface area contributed by atoms with Gasteiger partial charge >= 0.3 is 0 Å². The minimum Gasteiger partial charge on any atom is -0.375 e. The molecule has 0 aromatic rings. The minimum atomic E-state index is -1.38. The van der Waals surface area contributed by atoms with E-state index in [4.69, 9.17) is 13.6 Å². The van der Waals surface area contributed by atoms with Gasteiger partial charge in [0.05, 0.1) is 0 Å². The first-order chi connectivity index (χ1) is 7.08. The zero-order valence-corrected chi connectivity index (χ0v) is 8.84. The molecule has 1 saturated heterocycles. The van der Waals surface area contributed by atoms with E-state index in [1.54, 1.807) is 13.8 Å². The van der Waals surface area contributed by atoms with Gasteiger partial charge in [-0.3, -0.25) is 19.4 Å². The quantitative estimate of drug-likeness (QED) is 0.505. The second-order valence-electron chi connectivity index (χ2n) is 2.83. The molecular weight excluding hydrogens is 204 g/mol. The minimum absolute atomic E-state index is 0.184. The molecule has 0 bridgehead atoms. The van der Waals surface area contributed by atoms with Crippen molar-refractivity contribution < 1.29 is 14.7 Å². The van der Waals surface area contributed by atoms with Crippen LogP contribution in [-0.2, 0) is 9.59 Å². The van der Waals surface area contributed by atoms with Crippen molar-refractivity contribution in [3.8, 4) is 0 Å². The van der Waals surface area contributed by atoms with E-state index in [0.29, 0.717) is 13.1 Å². The zero-order valence-electron chi connectivity index (χ0n) is 9.02. The number of nitrogens with zero attached hydrogens (tertiary/aromatic N) is 2. The summed E-state index contributed by atoms with van der Waals surface area (Å²) in [7, 11) is 0. The Kier molecular flexibility index (Phi) is 2.74. The summed E-state index contributed by atoms with van der Waals surface area (Å²) in [6.45, 7) is 4.21. The first-order valence-electron chi connectivity index (χ1n) is 4.77. The van der Waals surface area contributed by atoms with Crippen molar-refractivity contribution in [1.82, 2.24) is 9.80 Å². The number of thiocarbonyl (C=S) groups is 1. The van der Waals surface area contributed by atoms with Crippen LogP contribution in [-0.4, -0.2) is 52.5 Å². The van der Waals surface area contributed by atoms with E-state index in [0.717, 1.165) is 0 Å². The number of rotatable bonds is 3. The molecule has 78 valence electrons. The van der Waals surface area contributed by atoms with E-state index in [2.05, 4.69) is 5.11 Å². The van der Waals surface area contributed by atoms with Crippen molar-refractivity contribution >= 4 is 29.1 Å². The van der Waals surface area contributed by atoms with Gasteiger partial charge < -0.3 is 5.11 Å². The number of likely N-dealkylation sites (N-methyl/N-ethyl adjacent to an activating group) is 2. The standard InChI is InChI=1S/C8H12N2O3S/c1-3-9-6(12)5(11)7(13)10(4-2)8(9)14/h5,11H,3-4H2,1-2H3/i11T. The van der Waals surface area contributed by atoms with Gasteiger partial charge in [0.1, 0.15) is 0 Å². The summed E-state index contributed by atoms with van der Waals surface area (Å²) >= 11 is 5.00. The molecule has 0 aromatic carbocycles.